The Kier molecular flexibility index (Phi) is 11.1. The summed E-state index contributed by atoms with van der Waals surface area (Å²) in [6.07, 6.45) is 2.51. The van der Waals surface area contributed by atoms with Gasteiger partial charge in [-0.3, -0.25) is 24.5 Å². The first-order valence-electron chi connectivity index (χ1n) is 14.0. The molecule has 0 radical (unpaired) electrons. The van der Waals surface area contributed by atoms with Crippen molar-refractivity contribution < 1.29 is 19.6 Å². The average Bonchev–Trinajstić information content (AvgIpc) is 2.94. The maximum Gasteiger partial charge on any atom is 0.245 e. The van der Waals surface area contributed by atoms with Crippen molar-refractivity contribution in [3.05, 3.63) is 60.2 Å². The lowest BCUT2D eigenvalue weighted by atomic mass is 9.85. The highest BCUT2D eigenvalue weighted by Gasteiger charge is 2.38. The highest BCUT2D eigenvalue weighted by Crippen LogP contribution is 2.24. The lowest BCUT2D eigenvalue weighted by molar-refractivity contribution is -0.155. The van der Waals surface area contributed by atoms with E-state index in [-0.39, 0.29) is 18.4 Å². The SMILES string of the molecule is CCCC[C@H](CN(O)C=O)C(=O)N[C@H](C(=O)N1CCN(Cc2ccc(-c3ccccc3)cc2)CC1)C(C)(C)C. The maximum absolute atomic E-state index is 13.6. The topological polar surface area (TPSA) is 93.2 Å². The molecule has 0 saturated carbocycles. The van der Waals surface area contributed by atoms with Gasteiger partial charge in [-0.1, -0.05) is 95.1 Å². The average molecular weight is 537 g/mol. The van der Waals surface area contributed by atoms with E-state index in [1.54, 1.807) is 0 Å². The molecule has 1 saturated heterocycles. The van der Waals surface area contributed by atoms with Crippen LogP contribution in [0.15, 0.2) is 54.6 Å². The first kappa shape index (κ1) is 30.3. The Bertz CT molecular complexity index is 1060. The fourth-order valence-electron chi connectivity index (χ4n) is 4.93. The van der Waals surface area contributed by atoms with E-state index in [1.807, 2.05) is 50.8 Å². The van der Waals surface area contributed by atoms with Crippen molar-refractivity contribution >= 4 is 18.2 Å². The van der Waals surface area contributed by atoms with Crippen LogP contribution in [-0.2, 0) is 20.9 Å². The van der Waals surface area contributed by atoms with Gasteiger partial charge in [0.05, 0.1) is 12.5 Å². The van der Waals surface area contributed by atoms with Crippen molar-refractivity contribution in [2.24, 2.45) is 11.3 Å². The van der Waals surface area contributed by atoms with Gasteiger partial charge in [0.1, 0.15) is 6.04 Å². The third kappa shape index (κ3) is 8.90. The molecule has 0 aliphatic carbocycles. The van der Waals surface area contributed by atoms with Gasteiger partial charge in [-0.05, 0) is 28.5 Å². The predicted octanol–water partition coefficient (Wildman–Crippen LogP) is 4.18. The highest BCUT2D eigenvalue weighted by atomic mass is 16.5. The molecule has 2 N–H and O–H groups in total. The van der Waals surface area contributed by atoms with Crippen molar-refractivity contribution in [2.45, 2.75) is 59.5 Å². The fourth-order valence-corrected chi connectivity index (χ4v) is 4.93. The van der Waals surface area contributed by atoms with E-state index in [2.05, 4.69) is 46.6 Å². The minimum absolute atomic E-state index is 0.0896. The van der Waals surface area contributed by atoms with Crippen LogP contribution in [0.2, 0.25) is 0 Å². The number of hydrogen-bond acceptors (Lipinski definition) is 5. The molecule has 3 rings (SSSR count). The van der Waals surface area contributed by atoms with Crippen LogP contribution >= 0.6 is 0 Å². The molecule has 0 unspecified atom stereocenters. The number of carbonyl (C=O) groups excluding carboxylic acids is 3. The summed E-state index contributed by atoms with van der Waals surface area (Å²) >= 11 is 0. The van der Waals surface area contributed by atoms with Gasteiger partial charge in [-0.2, -0.15) is 0 Å². The van der Waals surface area contributed by atoms with E-state index < -0.39 is 17.4 Å². The number of amides is 3. The zero-order valence-electron chi connectivity index (χ0n) is 23.8. The summed E-state index contributed by atoms with van der Waals surface area (Å²) in [5, 5.41) is 13.2. The zero-order chi connectivity index (χ0) is 28.4. The number of rotatable bonds is 12. The smallest absolute Gasteiger partial charge is 0.245 e. The van der Waals surface area contributed by atoms with Crippen molar-refractivity contribution in [2.75, 3.05) is 32.7 Å². The summed E-state index contributed by atoms with van der Waals surface area (Å²) in [6.45, 7) is 11.3. The first-order valence-corrected chi connectivity index (χ1v) is 14.0. The van der Waals surface area contributed by atoms with Crippen LogP contribution in [0, 0.1) is 11.3 Å². The van der Waals surface area contributed by atoms with Crippen molar-refractivity contribution in [1.29, 1.82) is 0 Å². The molecule has 0 bridgehead atoms. The van der Waals surface area contributed by atoms with E-state index in [9.17, 15) is 19.6 Å². The van der Waals surface area contributed by atoms with Crippen LogP contribution in [0.4, 0.5) is 0 Å². The van der Waals surface area contributed by atoms with Crippen molar-refractivity contribution in [3.63, 3.8) is 0 Å². The molecule has 1 fully saturated rings. The second-order valence-corrected chi connectivity index (χ2v) is 11.5. The van der Waals surface area contributed by atoms with Gasteiger partial charge in [0.15, 0.2) is 0 Å². The molecule has 212 valence electrons. The number of hydrogen-bond donors (Lipinski definition) is 2. The van der Waals surface area contributed by atoms with Gasteiger partial charge in [0, 0.05) is 32.7 Å². The minimum atomic E-state index is -0.699. The van der Waals surface area contributed by atoms with Gasteiger partial charge in [-0.15, -0.1) is 0 Å². The molecular weight excluding hydrogens is 492 g/mol. The van der Waals surface area contributed by atoms with Crippen molar-refractivity contribution in [3.8, 4) is 11.1 Å². The Labute approximate surface area is 232 Å². The van der Waals surface area contributed by atoms with E-state index in [0.717, 1.165) is 32.5 Å². The molecule has 1 aliphatic rings. The molecule has 2 aromatic carbocycles. The Balaban J connectivity index is 1.58. The van der Waals surface area contributed by atoms with Gasteiger partial charge < -0.3 is 10.2 Å². The predicted molar refractivity (Wildman–Crippen MR) is 153 cm³/mol. The lowest BCUT2D eigenvalue weighted by Crippen LogP contribution is -2.59. The molecule has 2 aromatic rings. The van der Waals surface area contributed by atoms with Gasteiger partial charge in [0.25, 0.3) is 0 Å². The highest BCUT2D eigenvalue weighted by molar-refractivity contribution is 5.89. The Morgan fingerprint density at radius 2 is 1.62 bits per heavy atom. The number of carbonyl (C=O) groups is 3. The van der Waals surface area contributed by atoms with Crippen LogP contribution in [0.1, 0.15) is 52.5 Å². The van der Waals surface area contributed by atoms with Crippen molar-refractivity contribution in [1.82, 2.24) is 20.2 Å². The standard InChI is InChI=1S/C31H44N4O4/c1-5-6-10-27(22-35(39)23-36)29(37)32-28(31(2,3)4)30(38)34-19-17-33(18-20-34)21-24-13-15-26(16-14-24)25-11-8-7-9-12-25/h7-9,11-16,23,27-28,39H,5-6,10,17-22H2,1-4H3,(H,32,37)/t27-,28-/m1/s1. The monoisotopic (exact) mass is 536 g/mol. The number of nitrogens with one attached hydrogen (secondary N) is 1. The largest absolute Gasteiger partial charge is 0.344 e. The van der Waals surface area contributed by atoms with Gasteiger partial charge in [-0.25, -0.2) is 5.06 Å². The van der Waals surface area contributed by atoms with Gasteiger partial charge in [0.2, 0.25) is 18.2 Å². The van der Waals surface area contributed by atoms with Crippen LogP contribution in [0.5, 0.6) is 0 Å². The molecule has 1 heterocycles. The molecular formula is C31H44N4O4. The summed E-state index contributed by atoms with van der Waals surface area (Å²) in [4.78, 5) is 41.9. The van der Waals surface area contributed by atoms with Gasteiger partial charge >= 0.3 is 0 Å². The second kappa shape index (κ2) is 14.2. The van der Waals surface area contributed by atoms with Crippen LogP contribution in [0.3, 0.4) is 0 Å². The summed E-state index contributed by atoms with van der Waals surface area (Å²) < 4.78 is 0. The molecule has 0 aromatic heterocycles. The fraction of sp³-hybridized carbons (Fsp3) is 0.516. The first-order chi connectivity index (χ1) is 18.6. The van der Waals surface area contributed by atoms with E-state index in [4.69, 9.17) is 0 Å². The zero-order valence-corrected chi connectivity index (χ0v) is 23.8. The Hall–Kier alpha value is -3.23. The normalized spacial score (nSPS) is 15.9. The molecule has 0 spiro atoms. The summed E-state index contributed by atoms with van der Waals surface area (Å²) in [5.74, 6) is -0.980. The summed E-state index contributed by atoms with van der Waals surface area (Å²) in [6, 6.07) is 18.3. The molecule has 2 atom stereocenters. The lowest BCUT2D eigenvalue weighted by Gasteiger charge is -2.40. The Morgan fingerprint density at radius 3 is 2.18 bits per heavy atom. The van der Waals surface area contributed by atoms with E-state index >= 15 is 0 Å². The molecule has 1 aliphatic heterocycles. The number of hydroxylamine groups is 2. The number of nitrogens with zero attached hydrogens (tertiary/aromatic N) is 3. The Morgan fingerprint density at radius 1 is 1.00 bits per heavy atom. The van der Waals surface area contributed by atoms with Crippen LogP contribution in [0.25, 0.3) is 11.1 Å². The number of piperazine rings is 1. The third-order valence-corrected chi connectivity index (χ3v) is 7.36. The van der Waals surface area contributed by atoms with E-state index in [0.29, 0.717) is 31.0 Å². The third-order valence-electron chi connectivity index (χ3n) is 7.36. The van der Waals surface area contributed by atoms with E-state index in [1.165, 1.54) is 16.7 Å². The molecule has 3 amide bonds. The second-order valence-electron chi connectivity index (χ2n) is 11.5. The number of unbranched alkanes of at least 4 members (excludes halogenated alkanes) is 1. The minimum Gasteiger partial charge on any atom is -0.344 e. The molecule has 8 heteroatoms. The van der Waals surface area contributed by atoms with Crippen LogP contribution in [-0.4, -0.2) is 77.1 Å². The molecule has 8 nitrogen and oxygen atoms in total. The number of benzene rings is 2. The summed E-state index contributed by atoms with van der Waals surface area (Å²) in [7, 11) is 0. The summed E-state index contributed by atoms with van der Waals surface area (Å²) in [5.41, 5.74) is 3.13. The molecule has 39 heavy (non-hydrogen) atoms. The van der Waals surface area contributed by atoms with Crippen LogP contribution < -0.4 is 5.32 Å². The quantitative estimate of drug-likeness (QED) is 0.241. The maximum atomic E-state index is 13.6.